The number of methoxy groups -OCH3 is 1. The number of pyridine rings is 1. The van der Waals surface area contributed by atoms with Crippen LogP contribution in [0.4, 0.5) is 0 Å². The van der Waals surface area contributed by atoms with E-state index in [4.69, 9.17) is 9.47 Å². The van der Waals surface area contributed by atoms with Crippen molar-refractivity contribution in [3.63, 3.8) is 0 Å². The molecule has 0 fully saturated rings. The third-order valence-corrected chi connectivity index (χ3v) is 4.85. The fourth-order valence-electron chi connectivity index (χ4n) is 3.34. The summed E-state index contributed by atoms with van der Waals surface area (Å²) in [6, 6.07) is 10.9. The van der Waals surface area contributed by atoms with Gasteiger partial charge in [0, 0.05) is 31.1 Å². The van der Waals surface area contributed by atoms with Gasteiger partial charge in [-0.2, -0.15) is 0 Å². The summed E-state index contributed by atoms with van der Waals surface area (Å²) in [4.78, 5) is 27.4. The zero-order chi connectivity index (χ0) is 21.0. The van der Waals surface area contributed by atoms with Crippen molar-refractivity contribution < 1.29 is 14.3 Å². The Kier molecular flexibility index (Phi) is 6.39. The highest BCUT2D eigenvalue weighted by atomic mass is 16.5. The summed E-state index contributed by atoms with van der Waals surface area (Å²) in [5.41, 5.74) is 1.38. The van der Waals surface area contributed by atoms with Crippen LogP contribution in [0.1, 0.15) is 6.42 Å². The Balaban J connectivity index is 1.91. The van der Waals surface area contributed by atoms with Crippen LogP contribution in [0, 0.1) is 0 Å². The number of rotatable bonds is 8. The Bertz CT molecular complexity index is 1090. The summed E-state index contributed by atoms with van der Waals surface area (Å²) in [6.45, 7) is 1.30. The largest absolute Gasteiger partial charge is 0.497 e. The van der Waals surface area contributed by atoms with E-state index >= 15 is 0 Å². The number of nitrogens with one attached hydrogen (secondary N) is 1. The Morgan fingerprint density at radius 2 is 1.93 bits per heavy atom. The molecule has 154 valence electrons. The lowest BCUT2D eigenvalue weighted by atomic mass is 10.1. The monoisotopic (exact) mass is 397 g/mol. The molecule has 0 atom stereocenters. The first-order chi connectivity index (χ1) is 13.9. The zero-order valence-electron chi connectivity index (χ0n) is 17.3. The van der Waals surface area contributed by atoms with E-state index < -0.39 is 0 Å². The van der Waals surface area contributed by atoms with Gasteiger partial charge < -0.3 is 24.3 Å². The van der Waals surface area contributed by atoms with Gasteiger partial charge in [-0.25, -0.2) is 0 Å². The number of carbonyl (C=O) groups is 1. The number of hydrogen-bond acceptors (Lipinski definition) is 5. The van der Waals surface area contributed by atoms with E-state index in [0.717, 1.165) is 18.5 Å². The van der Waals surface area contributed by atoms with E-state index in [1.165, 1.54) is 0 Å². The summed E-state index contributed by atoms with van der Waals surface area (Å²) >= 11 is 0. The Hall–Kier alpha value is -3.06. The zero-order valence-corrected chi connectivity index (χ0v) is 17.3. The fraction of sp³-hybridized carbons (Fsp3) is 0.364. The first-order valence-electron chi connectivity index (χ1n) is 9.56. The van der Waals surface area contributed by atoms with Crippen LogP contribution in [0.5, 0.6) is 11.5 Å². The molecule has 1 N–H and O–H groups in total. The Morgan fingerprint density at radius 3 is 2.66 bits per heavy atom. The third kappa shape index (κ3) is 4.51. The van der Waals surface area contributed by atoms with Gasteiger partial charge >= 0.3 is 0 Å². The molecule has 0 aliphatic carbocycles. The maximum absolute atomic E-state index is 13.1. The molecule has 0 spiro atoms. The molecule has 1 aromatic heterocycles. The molecule has 0 radical (unpaired) electrons. The maximum Gasteiger partial charge on any atom is 0.257 e. The van der Waals surface area contributed by atoms with Crippen LogP contribution in [-0.2, 0) is 11.8 Å². The van der Waals surface area contributed by atoms with Gasteiger partial charge in [-0.3, -0.25) is 9.59 Å². The highest BCUT2D eigenvalue weighted by molar-refractivity contribution is 5.97. The lowest BCUT2D eigenvalue weighted by molar-refractivity contribution is -0.123. The molecular weight excluding hydrogens is 370 g/mol. The number of para-hydroxylation sites is 1. The molecule has 3 aromatic rings. The van der Waals surface area contributed by atoms with Crippen LogP contribution >= 0.6 is 0 Å². The highest BCUT2D eigenvalue weighted by Crippen LogP contribution is 2.31. The van der Waals surface area contributed by atoms with Crippen molar-refractivity contribution in [1.82, 2.24) is 14.8 Å². The molecule has 0 aliphatic rings. The second kappa shape index (κ2) is 8.96. The topological polar surface area (TPSA) is 72.8 Å². The minimum atomic E-state index is -0.225. The van der Waals surface area contributed by atoms with E-state index in [2.05, 4.69) is 10.2 Å². The van der Waals surface area contributed by atoms with E-state index in [-0.39, 0.29) is 17.9 Å². The van der Waals surface area contributed by atoms with Crippen LogP contribution in [-0.4, -0.2) is 56.3 Å². The van der Waals surface area contributed by atoms with Gasteiger partial charge in [0.15, 0.2) is 6.61 Å². The molecular formula is C22H27N3O4. The van der Waals surface area contributed by atoms with Crippen molar-refractivity contribution in [3.05, 3.63) is 46.6 Å². The average molecular weight is 397 g/mol. The van der Waals surface area contributed by atoms with Crippen molar-refractivity contribution in [1.29, 1.82) is 0 Å². The highest BCUT2D eigenvalue weighted by Gasteiger charge is 2.16. The van der Waals surface area contributed by atoms with E-state index in [9.17, 15) is 9.59 Å². The van der Waals surface area contributed by atoms with Gasteiger partial charge in [0.25, 0.3) is 5.91 Å². The number of nitrogens with zero attached hydrogens (tertiary/aromatic N) is 2. The number of ether oxygens (including phenoxy) is 2. The average Bonchev–Trinajstić information content (AvgIpc) is 2.72. The van der Waals surface area contributed by atoms with E-state index in [0.29, 0.717) is 34.3 Å². The number of benzene rings is 2. The molecule has 29 heavy (non-hydrogen) atoms. The van der Waals surface area contributed by atoms with Crippen molar-refractivity contribution >= 4 is 27.7 Å². The number of aromatic nitrogens is 1. The molecule has 7 heteroatoms. The van der Waals surface area contributed by atoms with Gasteiger partial charge in [-0.15, -0.1) is 0 Å². The standard InChI is InChI=1S/C22H27N3O4/c1-24(2)11-7-10-23-20(26)14-29-19-13-15(28-4)12-18-21(19)22(27)16-8-5-6-9-17(16)25(18)3/h5-6,8-9,12-13H,7,10-11,14H2,1-4H3,(H,23,26). The van der Waals surface area contributed by atoms with Gasteiger partial charge in [-0.05, 0) is 39.2 Å². The third-order valence-electron chi connectivity index (χ3n) is 4.85. The maximum atomic E-state index is 13.1. The smallest absolute Gasteiger partial charge is 0.257 e. The van der Waals surface area contributed by atoms with Crippen LogP contribution in [0.3, 0.4) is 0 Å². The van der Waals surface area contributed by atoms with Crippen LogP contribution in [0.2, 0.25) is 0 Å². The second-order valence-corrected chi connectivity index (χ2v) is 7.22. The first-order valence-corrected chi connectivity index (χ1v) is 9.56. The summed E-state index contributed by atoms with van der Waals surface area (Å²) in [5, 5.41) is 3.88. The predicted molar refractivity (Wildman–Crippen MR) is 115 cm³/mol. The number of aryl methyl sites for hydroxylation is 1. The lowest BCUT2D eigenvalue weighted by Gasteiger charge is -2.15. The molecule has 0 saturated carbocycles. The number of hydrogen-bond donors (Lipinski definition) is 1. The lowest BCUT2D eigenvalue weighted by Crippen LogP contribution is -2.31. The van der Waals surface area contributed by atoms with Crippen molar-refractivity contribution in [2.24, 2.45) is 7.05 Å². The van der Waals surface area contributed by atoms with E-state index in [1.807, 2.05) is 43.9 Å². The van der Waals surface area contributed by atoms with Gasteiger partial charge in [-0.1, -0.05) is 12.1 Å². The first kappa shape index (κ1) is 20.7. The molecule has 0 aliphatic heterocycles. The van der Waals surface area contributed by atoms with Gasteiger partial charge in [0.05, 0.1) is 23.5 Å². The van der Waals surface area contributed by atoms with Crippen LogP contribution in [0.15, 0.2) is 41.2 Å². The fourth-order valence-corrected chi connectivity index (χ4v) is 3.34. The summed E-state index contributed by atoms with van der Waals surface area (Å²) in [7, 11) is 7.43. The van der Waals surface area contributed by atoms with Crippen LogP contribution in [0.25, 0.3) is 21.8 Å². The molecule has 0 bridgehead atoms. The Morgan fingerprint density at radius 1 is 1.17 bits per heavy atom. The van der Waals surface area contributed by atoms with Crippen molar-refractivity contribution in [2.45, 2.75) is 6.42 Å². The number of carbonyl (C=O) groups excluding carboxylic acids is 1. The SMILES string of the molecule is COc1cc(OCC(=O)NCCCN(C)C)c2c(=O)c3ccccc3n(C)c2c1. The minimum Gasteiger partial charge on any atom is -0.497 e. The molecule has 1 amide bonds. The van der Waals surface area contributed by atoms with E-state index in [1.54, 1.807) is 25.3 Å². The summed E-state index contributed by atoms with van der Waals surface area (Å²) in [5.74, 6) is 0.677. The minimum absolute atomic E-state index is 0.127. The van der Waals surface area contributed by atoms with Gasteiger partial charge in [0.1, 0.15) is 11.5 Å². The predicted octanol–water partition coefficient (Wildman–Crippen LogP) is 2.15. The van der Waals surface area contributed by atoms with Crippen molar-refractivity contribution in [2.75, 3.05) is 40.9 Å². The molecule has 1 heterocycles. The molecule has 0 saturated heterocycles. The number of fused-ring (bicyclic) bond motifs is 2. The normalized spacial score (nSPS) is 11.2. The quantitative estimate of drug-likeness (QED) is 0.466. The van der Waals surface area contributed by atoms with Crippen molar-refractivity contribution in [3.8, 4) is 11.5 Å². The molecule has 3 rings (SSSR count). The second-order valence-electron chi connectivity index (χ2n) is 7.22. The van der Waals surface area contributed by atoms with Crippen LogP contribution < -0.4 is 20.2 Å². The summed E-state index contributed by atoms with van der Waals surface area (Å²) < 4.78 is 13.1. The van der Waals surface area contributed by atoms with Gasteiger partial charge in [0.2, 0.25) is 5.43 Å². The number of amides is 1. The molecule has 7 nitrogen and oxygen atoms in total. The molecule has 0 unspecified atom stereocenters. The Labute approximate surface area is 169 Å². The summed E-state index contributed by atoms with van der Waals surface area (Å²) in [6.07, 6.45) is 0.855. The molecule has 2 aromatic carbocycles.